The van der Waals surface area contributed by atoms with Gasteiger partial charge in [0.15, 0.2) is 11.6 Å². The van der Waals surface area contributed by atoms with Crippen LogP contribution in [0.2, 0.25) is 0 Å². The molecule has 0 radical (unpaired) electrons. The van der Waals surface area contributed by atoms with Crippen molar-refractivity contribution in [1.82, 2.24) is 0 Å². The topological polar surface area (TPSA) is 75.1 Å². The summed E-state index contributed by atoms with van der Waals surface area (Å²) in [5.74, 6) is -1.86. The van der Waals surface area contributed by atoms with Crippen molar-refractivity contribution >= 4 is 5.91 Å². The monoisotopic (exact) mass is 195 g/mol. The lowest BCUT2D eigenvalue weighted by atomic mass is 10.2. The number of ether oxygens (including phenoxy) is 1. The van der Waals surface area contributed by atoms with E-state index < -0.39 is 11.7 Å². The van der Waals surface area contributed by atoms with Gasteiger partial charge in [0.2, 0.25) is 0 Å². The van der Waals surface area contributed by atoms with Crippen LogP contribution in [0.5, 0.6) is 5.75 Å². The van der Waals surface area contributed by atoms with Gasteiger partial charge in [-0.3, -0.25) is 4.79 Å². The van der Waals surface area contributed by atoms with Crippen molar-refractivity contribution in [2.24, 2.45) is 5.11 Å². The molecule has 1 aromatic carbocycles. The zero-order valence-electron chi connectivity index (χ0n) is 7.27. The van der Waals surface area contributed by atoms with E-state index in [0.717, 1.165) is 0 Å². The molecule has 1 rings (SSSR count). The molecule has 0 aliphatic heterocycles. The van der Waals surface area contributed by atoms with Crippen molar-refractivity contribution in [2.45, 2.75) is 0 Å². The Bertz CT molecular complexity index is 413. The molecule has 1 aromatic rings. The summed E-state index contributed by atoms with van der Waals surface area (Å²) < 4.78 is 18.0. The molecule has 0 saturated carbocycles. The highest BCUT2D eigenvalue weighted by molar-refractivity contribution is 5.95. The van der Waals surface area contributed by atoms with Gasteiger partial charge in [-0.2, -0.15) is 0 Å². The van der Waals surface area contributed by atoms with E-state index >= 15 is 0 Å². The molecule has 0 spiro atoms. The minimum absolute atomic E-state index is 0.0658. The molecule has 0 fully saturated rings. The third-order valence-corrected chi connectivity index (χ3v) is 1.55. The molecule has 0 aliphatic rings. The fraction of sp³-hybridized carbons (Fsp3) is 0.125. The van der Waals surface area contributed by atoms with Crippen LogP contribution in [0, 0.1) is 5.82 Å². The van der Waals surface area contributed by atoms with Gasteiger partial charge >= 0.3 is 0 Å². The van der Waals surface area contributed by atoms with E-state index in [0.29, 0.717) is 0 Å². The summed E-state index contributed by atoms with van der Waals surface area (Å²) in [4.78, 5) is 13.3. The van der Waals surface area contributed by atoms with Crippen LogP contribution in [0.1, 0.15) is 10.4 Å². The Hall–Kier alpha value is -2.07. The van der Waals surface area contributed by atoms with Gasteiger partial charge in [-0.15, -0.1) is 0 Å². The predicted molar refractivity (Wildman–Crippen MR) is 46.4 cm³/mol. The van der Waals surface area contributed by atoms with Crippen molar-refractivity contribution in [3.8, 4) is 5.75 Å². The zero-order chi connectivity index (χ0) is 10.6. The van der Waals surface area contributed by atoms with Crippen LogP contribution < -0.4 is 4.74 Å². The Morgan fingerprint density at radius 2 is 2.36 bits per heavy atom. The number of halogens is 1. The minimum atomic E-state index is -0.969. The number of carbonyl (C=O) groups excluding carboxylic acids is 1. The summed E-state index contributed by atoms with van der Waals surface area (Å²) in [5.41, 5.74) is 7.70. The van der Waals surface area contributed by atoms with Crippen LogP contribution in [0.25, 0.3) is 10.4 Å². The van der Waals surface area contributed by atoms with Crippen molar-refractivity contribution in [3.63, 3.8) is 0 Å². The van der Waals surface area contributed by atoms with Crippen LogP contribution in [-0.4, -0.2) is 13.0 Å². The van der Waals surface area contributed by atoms with Gasteiger partial charge in [-0.1, -0.05) is 6.07 Å². The quantitative estimate of drug-likeness (QED) is 0.412. The standard InChI is InChI=1S/C8H6FN3O2/c1-14-6-4-2-3-5(7(6)9)8(13)11-12-10/h2-4H,1H3. The molecule has 0 saturated heterocycles. The molecule has 1 amide bonds. The van der Waals surface area contributed by atoms with Crippen molar-refractivity contribution < 1.29 is 13.9 Å². The molecule has 0 N–H and O–H groups in total. The first-order valence-electron chi connectivity index (χ1n) is 3.62. The first-order chi connectivity index (χ1) is 6.70. The Balaban J connectivity index is 3.22. The molecule has 14 heavy (non-hydrogen) atoms. The van der Waals surface area contributed by atoms with E-state index in [1.54, 1.807) is 0 Å². The lowest BCUT2D eigenvalue weighted by molar-refractivity contribution is 0.0996. The summed E-state index contributed by atoms with van der Waals surface area (Å²) in [6.07, 6.45) is 0. The number of benzene rings is 1. The fourth-order valence-electron chi connectivity index (χ4n) is 0.928. The first kappa shape index (κ1) is 10.0. The molecule has 0 aromatic heterocycles. The highest BCUT2D eigenvalue weighted by Gasteiger charge is 2.13. The Morgan fingerprint density at radius 1 is 1.64 bits per heavy atom. The summed E-state index contributed by atoms with van der Waals surface area (Å²) in [6, 6.07) is 4.01. The van der Waals surface area contributed by atoms with Crippen molar-refractivity contribution in [3.05, 3.63) is 40.0 Å². The van der Waals surface area contributed by atoms with E-state index in [1.165, 1.54) is 25.3 Å². The van der Waals surface area contributed by atoms with E-state index in [-0.39, 0.29) is 11.3 Å². The molecule has 6 heteroatoms. The van der Waals surface area contributed by atoms with Gasteiger partial charge in [-0.05, 0) is 22.8 Å². The molecular formula is C8H6FN3O2. The van der Waals surface area contributed by atoms with Crippen LogP contribution in [0.3, 0.4) is 0 Å². The number of rotatable bonds is 2. The van der Waals surface area contributed by atoms with Crippen molar-refractivity contribution in [1.29, 1.82) is 0 Å². The molecule has 0 bridgehead atoms. The number of amides is 1. The zero-order valence-corrected chi connectivity index (χ0v) is 7.27. The average molecular weight is 195 g/mol. The van der Waals surface area contributed by atoms with Crippen LogP contribution in [-0.2, 0) is 0 Å². The molecule has 0 heterocycles. The highest BCUT2D eigenvalue weighted by Crippen LogP contribution is 2.20. The van der Waals surface area contributed by atoms with Gasteiger partial charge < -0.3 is 4.74 Å². The normalized spacial score (nSPS) is 9.00. The summed E-state index contributed by atoms with van der Waals surface area (Å²) in [5, 5.41) is 2.78. The predicted octanol–water partition coefficient (Wildman–Crippen LogP) is 2.28. The van der Waals surface area contributed by atoms with Gasteiger partial charge in [0.05, 0.1) is 12.7 Å². The average Bonchev–Trinajstić information content (AvgIpc) is 2.18. The second-order valence-electron chi connectivity index (χ2n) is 2.32. The lowest BCUT2D eigenvalue weighted by Gasteiger charge is -2.03. The van der Waals surface area contributed by atoms with Crippen molar-refractivity contribution in [2.75, 3.05) is 7.11 Å². The second kappa shape index (κ2) is 4.25. The largest absolute Gasteiger partial charge is 0.494 e. The maximum absolute atomic E-state index is 13.3. The fourth-order valence-corrected chi connectivity index (χ4v) is 0.928. The summed E-state index contributed by atoms with van der Waals surface area (Å²) in [6.45, 7) is 0. The van der Waals surface area contributed by atoms with E-state index in [4.69, 9.17) is 5.53 Å². The number of azide groups is 1. The minimum Gasteiger partial charge on any atom is -0.494 e. The van der Waals surface area contributed by atoms with Gasteiger partial charge in [-0.25, -0.2) is 4.39 Å². The summed E-state index contributed by atoms with van der Waals surface area (Å²) >= 11 is 0. The summed E-state index contributed by atoms with van der Waals surface area (Å²) in [7, 11) is 1.28. The molecule has 0 unspecified atom stereocenters. The smallest absolute Gasteiger partial charge is 0.252 e. The molecule has 0 atom stereocenters. The highest BCUT2D eigenvalue weighted by atomic mass is 19.1. The van der Waals surface area contributed by atoms with E-state index in [2.05, 4.69) is 14.8 Å². The maximum atomic E-state index is 13.3. The van der Waals surface area contributed by atoms with Crippen LogP contribution in [0.4, 0.5) is 4.39 Å². The van der Waals surface area contributed by atoms with E-state index in [1.807, 2.05) is 0 Å². The number of hydrogen-bond donors (Lipinski definition) is 0. The third-order valence-electron chi connectivity index (χ3n) is 1.55. The van der Waals surface area contributed by atoms with Gasteiger partial charge in [0.25, 0.3) is 5.91 Å². The Labute approximate surface area is 78.7 Å². The van der Waals surface area contributed by atoms with Gasteiger partial charge in [0.1, 0.15) is 0 Å². The number of carbonyl (C=O) groups is 1. The maximum Gasteiger partial charge on any atom is 0.252 e. The molecular weight excluding hydrogens is 189 g/mol. The molecule has 5 nitrogen and oxygen atoms in total. The number of hydrogen-bond acceptors (Lipinski definition) is 2. The Morgan fingerprint density at radius 3 is 2.93 bits per heavy atom. The van der Waals surface area contributed by atoms with Crippen LogP contribution >= 0.6 is 0 Å². The van der Waals surface area contributed by atoms with Crippen LogP contribution in [0.15, 0.2) is 23.3 Å². The number of methoxy groups -OCH3 is 1. The Kier molecular flexibility index (Phi) is 3.04. The first-order valence-corrected chi connectivity index (χ1v) is 3.62. The lowest BCUT2D eigenvalue weighted by Crippen LogP contribution is -2.00. The molecule has 72 valence electrons. The second-order valence-corrected chi connectivity index (χ2v) is 2.32. The third kappa shape index (κ3) is 1.81. The van der Waals surface area contributed by atoms with Gasteiger partial charge in [0, 0.05) is 4.91 Å². The van der Waals surface area contributed by atoms with E-state index in [9.17, 15) is 9.18 Å². The molecule has 0 aliphatic carbocycles. The SMILES string of the molecule is COc1cccc(C(=O)N=[N+]=[N-])c1F. The number of nitrogens with zero attached hydrogens (tertiary/aromatic N) is 3.